The molecule has 1 aliphatic carbocycles. The van der Waals surface area contributed by atoms with Crippen molar-refractivity contribution in [3.63, 3.8) is 0 Å². The van der Waals surface area contributed by atoms with Crippen LogP contribution in [0, 0.1) is 11.8 Å². The standard InChI is InChI=1S/C13H22O3/c1-4-9-16-13(12(14)15)7-5-11(6-8-13)10(2)3/h4,10-11H,1,5-9H2,2-3H3,(H,14,15). The zero-order valence-corrected chi connectivity index (χ0v) is 10.2. The quantitative estimate of drug-likeness (QED) is 0.733. The number of hydrogen-bond acceptors (Lipinski definition) is 2. The molecule has 0 spiro atoms. The van der Waals surface area contributed by atoms with E-state index in [4.69, 9.17) is 4.74 Å². The number of carbonyl (C=O) groups is 1. The fraction of sp³-hybridized carbons (Fsp3) is 0.769. The van der Waals surface area contributed by atoms with E-state index in [0.29, 0.717) is 31.3 Å². The highest BCUT2D eigenvalue weighted by atomic mass is 16.5. The molecule has 0 saturated heterocycles. The van der Waals surface area contributed by atoms with Gasteiger partial charge >= 0.3 is 5.97 Å². The van der Waals surface area contributed by atoms with Gasteiger partial charge in [-0.3, -0.25) is 0 Å². The maximum Gasteiger partial charge on any atom is 0.335 e. The normalized spacial score (nSPS) is 30.3. The first-order valence-corrected chi connectivity index (χ1v) is 6.00. The van der Waals surface area contributed by atoms with Gasteiger partial charge in [-0.25, -0.2) is 4.79 Å². The van der Waals surface area contributed by atoms with Gasteiger partial charge in [-0.2, -0.15) is 0 Å². The first kappa shape index (κ1) is 13.2. The molecule has 0 aliphatic heterocycles. The van der Waals surface area contributed by atoms with Gasteiger partial charge < -0.3 is 9.84 Å². The van der Waals surface area contributed by atoms with E-state index in [-0.39, 0.29) is 0 Å². The molecule has 1 fully saturated rings. The molecule has 0 bridgehead atoms. The molecule has 1 aliphatic rings. The van der Waals surface area contributed by atoms with Gasteiger partial charge in [0.15, 0.2) is 5.60 Å². The second-order valence-corrected chi connectivity index (χ2v) is 4.98. The van der Waals surface area contributed by atoms with Crippen LogP contribution in [0.1, 0.15) is 39.5 Å². The van der Waals surface area contributed by atoms with E-state index in [0.717, 1.165) is 12.8 Å². The fourth-order valence-electron chi connectivity index (χ4n) is 2.41. The Bertz CT molecular complexity index is 250. The van der Waals surface area contributed by atoms with E-state index in [1.165, 1.54) is 0 Å². The lowest BCUT2D eigenvalue weighted by atomic mass is 9.74. The third-order valence-corrected chi connectivity index (χ3v) is 3.65. The smallest absolute Gasteiger partial charge is 0.335 e. The zero-order chi connectivity index (χ0) is 12.2. The minimum absolute atomic E-state index is 0.318. The summed E-state index contributed by atoms with van der Waals surface area (Å²) in [7, 11) is 0. The van der Waals surface area contributed by atoms with Crippen molar-refractivity contribution in [2.45, 2.75) is 45.1 Å². The second-order valence-electron chi connectivity index (χ2n) is 4.98. The second kappa shape index (κ2) is 5.48. The van der Waals surface area contributed by atoms with Crippen LogP contribution in [-0.4, -0.2) is 23.3 Å². The van der Waals surface area contributed by atoms with Crippen molar-refractivity contribution in [1.29, 1.82) is 0 Å². The summed E-state index contributed by atoms with van der Waals surface area (Å²) in [6.07, 6.45) is 4.75. The Hall–Kier alpha value is -0.830. The summed E-state index contributed by atoms with van der Waals surface area (Å²) in [5.41, 5.74) is -0.959. The molecular formula is C13H22O3. The van der Waals surface area contributed by atoms with Gasteiger partial charge in [0.25, 0.3) is 0 Å². The minimum atomic E-state index is -0.959. The van der Waals surface area contributed by atoms with Crippen LogP contribution in [0.2, 0.25) is 0 Å². The van der Waals surface area contributed by atoms with Crippen molar-refractivity contribution in [2.75, 3.05) is 6.61 Å². The molecule has 0 unspecified atom stereocenters. The topological polar surface area (TPSA) is 46.5 Å². The molecule has 1 rings (SSSR count). The summed E-state index contributed by atoms with van der Waals surface area (Å²) in [6, 6.07) is 0. The molecule has 3 nitrogen and oxygen atoms in total. The molecule has 0 amide bonds. The molecule has 1 saturated carbocycles. The van der Waals surface area contributed by atoms with Crippen LogP contribution in [0.25, 0.3) is 0 Å². The van der Waals surface area contributed by atoms with Gasteiger partial charge in [0, 0.05) is 0 Å². The summed E-state index contributed by atoms with van der Waals surface area (Å²) in [5, 5.41) is 9.28. The summed E-state index contributed by atoms with van der Waals surface area (Å²) >= 11 is 0. The highest BCUT2D eigenvalue weighted by Crippen LogP contribution is 2.38. The maximum atomic E-state index is 11.3. The molecule has 1 N–H and O–H groups in total. The Morgan fingerprint density at radius 1 is 1.56 bits per heavy atom. The van der Waals surface area contributed by atoms with Crippen LogP contribution in [0.5, 0.6) is 0 Å². The lowest BCUT2D eigenvalue weighted by molar-refractivity contribution is -0.170. The van der Waals surface area contributed by atoms with Gasteiger partial charge in [0.2, 0.25) is 0 Å². The molecule has 0 aromatic heterocycles. The number of carboxylic acid groups (broad SMARTS) is 1. The van der Waals surface area contributed by atoms with Gasteiger partial charge in [-0.05, 0) is 37.5 Å². The lowest BCUT2D eigenvalue weighted by Gasteiger charge is -2.37. The Morgan fingerprint density at radius 2 is 2.12 bits per heavy atom. The van der Waals surface area contributed by atoms with Crippen LogP contribution in [0.15, 0.2) is 12.7 Å². The van der Waals surface area contributed by atoms with Crippen LogP contribution < -0.4 is 0 Å². The van der Waals surface area contributed by atoms with Crippen molar-refractivity contribution in [1.82, 2.24) is 0 Å². The molecule has 3 heteroatoms. The number of rotatable bonds is 5. The van der Waals surface area contributed by atoms with Crippen molar-refractivity contribution in [3.8, 4) is 0 Å². The number of carboxylic acids is 1. The molecule has 0 aromatic carbocycles. The minimum Gasteiger partial charge on any atom is -0.479 e. The average Bonchev–Trinajstić information content (AvgIpc) is 2.26. The van der Waals surface area contributed by atoms with Crippen LogP contribution in [0.3, 0.4) is 0 Å². The third-order valence-electron chi connectivity index (χ3n) is 3.65. The number of ether oxygens (including phenoxy) is 1. The van der Waals surface area contributed by atoms with Gasteiger partial charge in [0.1, 0.15) is 0 Å². The highest BCUT2D eigenvalue weighted by molar-refractivity contribution is 5.77. The molecule has 0 heterocycles. The van der Waals surface area contributed by atoms with Crippen molar-refractivity contribution < 1.29 is 14.6 Å². The molecular weight excluding hydrogens is 204 g/mol. The number of hydrogen-bond donors (Lipinski definition) is 1. The van der Waals surface area contributed by atoms with Gasteiger partial charge in [0.05, 0.1) is 6.61 Å². The predicted molar refractivity (Wildman–Crippen MR) is 63.3 cm³/mol. The Balaban J connectivity index is 2.62. The average molecular weight is 226 g/mol. The summed E-state index contributed by atoms with van der Waals surface area (Å²) in [4.78, 5) is 11.3. The van der Waals surface area contributed by atoms with E-state index < -0.39 is 11.6 Å². The monoisotopic (exact) mass is 226 g/mol. The molecule has 0 aromatic rings. The summed E-state index contributed by atoms with van der Waals surface area (Å²) < 4.78 is 5.49. The maximum absolute atomic E-state index is 11.3. The fourth-order valence-corrected chi connectivity index (χ4v) is 2.41. The van der Waals surface area contributed by atoms with Gasteiger partial charge in [-0.15, -0.1) is 6.58 Å². The van der Waals surface area contributed by atoms with Crippen LogP contribution in [0.4, 0.5) is 0 Å². The molecule has 0 radical (unpaired) electrons. The van der Waals surface area contributed by atoms with Crippen LogP contribution in [-0.2, 0) is 9.53 Å². The summed E-state index contributed by atoms with van der Waals surface area (Å²) in [5.74, 6) is 0.447. The molecule has 0 atom stereocenters. The SMILES string of the molecule is C=CCOC1(C(=O)O)CCC(C(C)C)CC1. The van der Waals surface area contributed by atoms with E-state index >= 15 is 0 Å². The third kappa shape index (κ3) is 2.85. The van der Waals surface area contributed by atoms with E-state index in [9.17, 15) is 9.90 Å². The number of aliphatic carboxylic acids is 1. The Morgan fingerprint density at radius 3 is 2.50 bits per heavy atom. The van der Waals surface area contributed by atoms with Gasteiger partial charge in [-0.1, -0.05) is 19.9 Å². The Kier molecular flexibility index (Phi) is 4.54. The van der Waals surface area contributed by atoms with E-state index in [2.05, 4.69) is 20.4 Å². The van der Waals surface area contributed by atoms with Crippen molar-refractivity contribution >= 4 is 5.97 Å². The first-order valence-electron chi connectivity index (χ1n) is 6.00. The lowest BCUT2D eigenvalue weighted by Crippen LogP contribution is -2.45. The summed E-state index contributed by atoms with van der Waals surface area (Å²) in [6.45, 7) is 8.27. The molecule has 16 heavy (non-hydrogen) atoms. The van der Waals surface area contributed by atoms with E-state index in [1.807, 2.05) is 0 Å². The predicted octanol–water partition coefficient (Wildman–Crippen LogP) is 2.86. The Labute approximate surface area is 97.5 Å². The first-order chi connectivity index (χ1) is 7.52. The van der Waals surface area contributed by atoms with Crippen molar-refractivity contribution in [2.24, 2.45) is 11.8 Å². The van der Waals surface area contributed by atoms with Crippen molar-refractivity contribution in [3.05, 3.63) is 12.7 Å². The molecule has 92 valence electrons. The zero-order valence-electron chi connectivity index (χ0n) is 10.2. The van der Waals surface area contributed by atoms with Crippen LogP contribution >= 0.6 is 0 Å². The van der Waals surface area contributed by atoms with E-state index in [1.54, 1.807) is 6.08 Å². The largest absolute Gasteiger partial charge is 0.479 e. The highest BCUT2D eigenvalue weighted by Gasteiger charge is 2.43.